The Bertz CT molecular complexity index is 941. The SMILES string of the molecule is COc1cccc(NC(=O)COC(=O)[C@@H]2CC(=O)N(c3cc(C)ccc3C)C2)c1. The minimum atomic E-state index is -0.591. The van der Waals surface area contributed by atoms with E-state index in [0.717, 1.165) is 16.8 Å². The number of anilines is 2. The monoisotopic (exact) mass is 396 g/mol. The molecule has 1 saturated heterocycles. The van der Waals surface area contributed by atoms with E-state index in [1.54, 1.807) is 29.2 Å². The van der Waals surface area contributed by atoms with Gasteiger partial charge in [-0.3, -0.25) is 14.4 Å². The van der Waals surface area contributed by atoms with E-state index in [1.165, 1.54) is 7.11 Å². The van der Waals surface area contributed by atoms with E-state index in [2.05, 4.69) is 5.32 Å². The van der Waals surface area contributed by atoms with Gasteiger partial charge in [-0.05, 0) is 43.2 Å². The minimum Gasteiger partial charge on any atom is -0.497 e. The molecule has 0 aliphatic carbocycles. The van der Waals surface area contributed by atoms with Crippen molar-refractivity contribution < 1.29 is 23.9 Å². The number of carbonyl (C=O) groups excluding carboxylic acids is 3. The van der Waals surface area contributed by atoms with Crippen molar-refractivity contribution in [1.29, 1.82) is 0 Å². The van der Waals surface area contributed by atoms with Crippen LogP contribution in [0.5, 0.6) is 5.75 Å². The summed E-state index contributed by atoms with van der Waals surface area (Å²) in [6, 6.07) is 12.7. The molecule has 1 atom stereocenters. The number of nitrogens with zero attached hydrogens (tertiary/aromatic N) is 1. The maximum Gasteiger partial charge on any atom is 0.311 e. The molecule has 2 aromatic rings. The van der Waals surface area contributed by atoms with Crippen LogP contribution in [0.15, 0.2) is 42.5 Å². The number of hydrogen-bond donors (Lipinski definition) is 1. The van der Waals surface area contributed by atoms with Crippen molar-refractivity contribution in [2.45, 2.75) is 20.3 Å². The number of carbonyl (C=O) groups is 3. The molecule has 2 amide bonds. The van der Waals surface area contributed by atoms with Crippen LogP contribution in [0.3, 0.4) is 0 Å². The van der Waals surface area contributed by atoms with E-state index in [0.29, 0.717) is 11.4 Å². The first-order valence-corrected chi connectivity index (χ1v) is 9.35. The Balaban J connectivity index is 1.55. The van der Waals surface area contributed by atoms with Gasteiger partial charge in [-0.2, -0.15) is 0 Å². The number of aryl methyl sites for hydroxylation is 2. The molecule has 1 heterocycles. The Labute approximate surface area is 169 Å². The van der Waals surface area contributed by atoms with Gasteiger partial charge in [0.15, 0.2) is 6.61 Å². The fraction of sp³-hybridized carbons (Fsp3) is 0.318. The number of hydrogen-bond acceptors (Lipinski definition) is 5. The van der Waals surface area contributed by atoms with Gasteiger partial charge in [0, 0.05) is 30.4 Å². The number of amides is 2. The third-order valence-electron chi connectivity index (χ3n) is 4.81. The van der Waals surface area contributed by atoms with E-state index in [1.807, 2.05) is 32.0 Å². The molecule has 29 heavy (non-hydrogen) atoms. The molecule has 1 fully saturated rings. The maximum atomic E-state index is 12.4. The number of benzene rings is 2. The Kier molecular flexibility index (Phi) is 6.16. The van der Waals surface area contributed by atoms with Crippen molar-refractivity contribution in [3.63, 3.8) is 0 Å². The third-order valence-corrected chi connectivity index (χ3v) is 4.81. The molecule has 1 aliphatic heterocycles. The molecule has 7 nitrogen and oxygen atoms in total. The highest BCUT2D eigenvalue weighted by Crippen LogP contribution is 2.29. The predicted molar refractivity (Wildman–Crippen MR) is 109 cm³/mol. The fourth-order valence-electron chi connectivity index (χ4n) is 3.26. The lowest BCUT2D eigenvalue weighted by Crippen LogP contribution is -2.28. The normalized spacial score (nSPS) is 15.9. The Morgan fingerprint density at radius 2 is 1.97 bits per heavy atom. The summed E-state index contributed by atoms with van der Waals surface area (Å²) >= 11 is 0. The molecule has 1 N–H and O–H groups in total. The van der Waals surface area contributed by atoms with E-state index >= 15 is 0 Å². The topological polar surface area (TPSA) is 84.9 Å². The third kappa shape index (κ3) is 4.93. The molecular formula is C22H24N2O5. The van der Waals surface area contributed by atoms with Gasteiger partial charge in [-0.1, -0.05) is 18.2 Å². The Morgan fingerprint density at radius 3 is 2.72 bits per heavy atom. The molecule has 152 valence electrons. The van der Waals surface area contributed by atoms with Crippen molar-refractivity contribution in [2.75, 3.05) is 30.5 Å². The van der Waals surface area contributed by atoms with Crippen LogP contribution in [0.25, 0.3) is 0 Å². The average molecular weight is 396 g/mol. The molecule has 0 radical (unpaired) electrons. The van der Waals surface area contributed by atoms with Crippen LogP contribution in [0.2, 0.25) is 0 Å². The summed E-state index contributed by atoms with van der Waals surface area (Å²) in [7, 11) is 1.53. The van der Waals surface area contributed by atoms with Gasteiger partial charge in [0.05, 0.1) is 13.0 Å². The van der Waals surface area contributed by atoms with Crippen LogP contribution in [0.1, 0.15) is 17.5 Å². The number of rotatable bonds is 6. The van der Waals surface area contributed by atoms with Crippen LogP contribution >= 0.6 is 0 Å². The van der Waals surface area contributed by atoms with E-state index in [-0.39, 0.29) is 18.9 Å². The highest BCUT2D eigenvalue weighted by atomic mass is 16.5. The molecule has 0 bridgehead atoms. The van der Waals surface area contributed by atoms with Gasteiger partial charge in [0.1, 0.15) is 5.75 Å². The van der Waals surface area contributed by atoms with E-state index < -0.39 is 24.4 Å². The van der Waals surface area contributed by atoms with Gasteiger partial charge in [-0.25, -0.2) is 0 Å². The summed E-state index contributed by atoms with van der Waals surface area (Å²) < 4.78 is 10.2. The molecule has 2 aromatic carbocycles. The van der Waals surface area contributed by atoms with Crippen molar-refractivity contribution in [3.8, 4) is 5.75 Å². The first kappa shape index (κ1) is 20.4. The number of esters is 1. The summed E-state index contributed by atoms with van der Waals surface area (Å²) in [6.07, 6.45) is 0.0731. The molecule has 0 saturated carbocycles. The van der Waals surface area contributed by atoms with E-state index in [9.17, 15) is 14.4 Å². The summed E-state index contributed by atoms with van der Waals surface area (Å²) in [5.41, 5.74) is 3.36. The molecular weight excluding hydrogens is 372 g/mol. The zero-order chi connectivity index (χ0) is 21.0. The summed E-state index contributed by atoms with van der Waals surface area (Å²) in [5.74, 6) is -1.11. The van der Waals surface area contributed by atoms with Crippen LogP contribution in [-0.4, -0.2) is 38.0 Å². The highest BCUT2D eigenvalue weighted by molar-refractivity contribution is 6.00. The Hall–Kier alpha value is -3.35. The standard InChI is InChI=1S/C22H24N2O5/c1-14-7-8-15(2)19(9-14)24-12-16(10-21(24)26)22(27)29-13-20(25)23-17-5-4-6-18(11-17)28-3/h4-9,11,16H,10,12-13H2,1-3H3,(H,23,25)/t16-/m1/s1. The van der Waals surface area contributed by atoms with Crippen molar-refractivity contribution in [2.24, 2.45) is 5.92 Å². The second-order valence-corrected chi connectivity index (χ2v) is 7.08. The molecule has 1 aliphatic rings. The van der Waals surface area contributed by atoms with Gasteiger partial charge in [0.25, 0.3) is 5.91 Å². The van der Waals surface area contributed by atoms with Crippen molar-refractivity contribution in [1.82, 2.24) is 0 Å². The predicted octanol–water partition coefficient (Wildman–Crippen LogP) is 2.85. The van der Waals surface area contributed by atoms with E-state index in [4.69, 9.17) is 9.47 Å². The molecule has 7 heteroatoms. The first-order chi connectivity index (χ1) is 13.9. The molecule has 0 aromatic heterocycles. The van der Waals surface area contributed by atoms with Crippen LogP contribution in [0.4, 0.5) is 11.4 Å². The maximum absolute atomic E-state index is 12.4. The highest BCUT2D eigenvalue weighted by Gasteiger charge is 2.36. The zero-order valence-corrected chi connectivity index (χ0v) is 16.7. The lowest BCUT2D eigenvalue weighted by molar-refractivity contribution is -0.151. The zero-order valence-electron chi connectivity index (χ0n) is 16.7. The van der Waals surface area contributed by atoms with Gasteiger partial charge < -0.3 is 19.7 Å². The lowest BCUT2D eigenvalue weighted by Gasteiger charge is -2.19. The average Bonchev–Trinajstić information content (AvgIpc) is 3.09. The van der Waals surface area contributed by atoms with Gasteiger partial charge in [-0.15, -0.1) is 0 Å². The number of ether oxygens (including phenoxy) is 2. The fourth-order valence-corrected chi connectivity index (χ4v) is 3.26. The summed E-state index contributed by atoms with van der Waals surface area (Å²) in [4.78, 5) is 38.5. The van der Waals surface area contributed by atoms with Crippen molar-refractivity contribution >= 4 is 29.2 Å². The van der Waals surface area contributed by atoms with Crippen LogP contribution < -0.4 is 15.0 Å². The minimum absolute atomic E-state index is 0.0731. The number of methoxy groups -OCH3 is 1. The molecule has 3 rings (SSSR count). The lowest BCUT2D eigenvalue weighted by atomic mass is 10.1. The van der Waals surface area contributed by atoms with Crippen LogP contribution in [-0.2, 0) is 19.1 Å². The number of nitrogens with one attached hydrogen (secondary N) is 1. The Morgan fingerprint density at radius 1 is 1.17 bits per heavy atom. The van der Waals surface area contributed by atoms with Crippen molar-refractivity contribution in [3.05, 3.63) is 53.6 Å². The van der Waals surface area contributed by atoms with Gasteiger partial charge >= 0.3 is 5.97 Å². The largest absolute Gasteiger partial charge is 0.497 e. The first-order valence-electron chi connectivity index (χ1n) is 9.35. The molecule has 0 spiro atoms. The summed E-state index contributed by atoms with van der Waals surface area (Å²) in [5, 5.41) is 2.65. The summed E-state index contributed by atoms with van der Waals surface area (Å²) in [6.45, 7) is 3.72. The van der Waals surface area contributed by atoms with Gasteiger partial charge in [0.2, 0.25) is 5.91 Å². The molecule has 0 unspecified atom stereocenters. The second-order valence-electron chi connectivity index (χ2n) is 7.08. The quantitative estimate of drug-likeness (QED) is 0.759. The second kappa shape index (κ2) is 8.77. The smallest absolute Gasteiger partial charge is 0.311 e. The van der Waals surface area contributed by atoms with Crippen LogP contribution in [0, 0.1) is 19.8 Å².